The molecule has 5 heteroatoms. The number of hydrogen-bond acceptors (Lipinski definition) is 3. The fourth-order valence-corrected chi connectivity index (χ4v) is 1.97. The predicted octanol–water partition coefficient (Wildman–Crippen LogP) is 1.93. The molecule has 2 heterocycles. The molecule has 3 rings (SSSR count). The number of H-pyrrole nitrogens is 1. The van der Waals surface area contributed by atoms with Gasteiger partial charge in [0.25, 0.3) is 5.56 Å². The molecule has 5 nitrogen and oxygen atoms in total. The number of aromatic nitrogens is 4. The molecule has 0 aliphatic carbocycles. The molecule has 0 radical (unpaired) electrons. The van der Waals surface area contributed by atoms with Crippen LogP contribution in [-0.2, 0) is 0 Å². The Balaban J connectivity index is 2.19. The average Bonchev–Trinajstić information content (AvgIpc) is 2.77. The van der Waals surface area contributed by atoms with Crippen LogP contribution < -0.4 is 5.56 Å². The first kappa shape index (κ1) is 11.4. The van der Waals surface area contributed by atoms with Crippen LogP contribution in [-0.4, -0.2) is 19.7 Å². The highest BCUT2D eigenvalue weighted by Gasteiger charge is 2.13. The molecule has 0 aliphatic rings. The topological polar surface area (TPSA) is 63.6 Å². The van der Waals surface area contributed by atoms with E-state index in [0.29, 0.717) is 11.4 Å². The molecule has 1 aromatic carbocycles. The van der Waals surface area contributed by atoms with Gasteiger partial charge in [-0.05, 0) is 12.5 Å². The lowest BCUT2D eigenvalue weighted by atomic mass is 10.1. The third-order valence-electron chi connectivity index (χ3n) is 2.96. The Labute approximate surface area is 109 Å². The van der Waals surface area contributed by atoms with Crippen LogP contribution in [0.5, 0.6) is 0 Å². The second-order valence-corrected chi connectivity index (χ2v) is 4.18. The van der Waals surface area contributed by atoms with Crippen molar-refractivity contribution in [3.8, 4) is 17.1 Å². The maximum Gasteiger partial charge on any atom is 0.276 e. The molecule has 0 unspecified atom stereocenters. The number of nitrogens with one attached hydrogen (secondary N) is 1. The Morgan fingerprint density at radius 1 is 1.16 bits per heavy atom. The largest absolute Gasteiger partial charge is 0.289 e. The molecule has 0 saturated heterocycles. The minimum absolute atomic E-state index is 0.112. The highest BCUT2D eigenvalue weighted by molar-refractivity contribution is 5.62. The lowest BCUT2D eigenvalue weighted by molar-refractivity contribution is 0.812. The SMILES string of the molecule is Cc1c(-c2ccccc2)[nH]n(-c2cnccn2)c1=O. The van der Waals surface area contributed by atoms with E-state index < -0.39 is 0 Å². The molecule has 0 fully saturated rings. The van der Waals surface area contributed by atoms with E-state index in [1.54, 1.807) is 25.5 Å². The van der Waals surface area contributed by atoms with Gasteiger partial charge in [-0.3, -0.25) is 14.9 Å². The normalized spacial score (nSPS) is 10.6. The predicted molar refractivity (Wildman–Crippen MR) is 72.2 cm³/mol. The Hall–Kier alpha value is -2.69. The first-order chi connectivity index (χ1) is 9.27. The molecule has 94 valence electrons. The lowest BCUT2D eigenvalue weighted by Gasteiger charge is -2.00. The fraction of sp³-hybridized carbons (Fsp3) is 0.0714. The quantitative estimate of drug-likeness (QED) is 0.758. The molecule has 0 bridgehead atoms. The molecule has 1 N–H and O–H groups in total. The van der Waals surface area contributed by atoms with Crippen LogP contribution in [0.4, 0.5) is 0 Å². The number of rotatable bonds is 2. The highest BCUT2D eigenvalue weighted by Crippen LogP contribution is 2.18. The van der Waals surface area contributed by atoms with Crippen molar-refractivity contribution in [1.29, 1.82) is 0 Å². The standard InChI is InChI=1S/C14H12N4O/c1-10-13(11-5-3-2-4-6-11)17-18(14(10)19)12-9-15-7-8-16-12/h2-9,17H,1H3. The first-order valence-electron chi connectivity index (χ1n) is 5.91. The fourth-order valence-electron chi connectivity index (χ4n) is 1.97. The summed E-state index contributed by atoms with van der Waals surface area (Å²) in [6.07, 6.45) is 4.68. The molecule has 0 atom stereocenters. The van der Waals surface area contributed by atoms with Crippen molar-refractivity contribution < 1.29 is 0 Å². The van der Waals surface area contributed by atoms with Crippen LogP contribution in [0.1, 0.15) is 5.56 Å². The van der Waals surface area contributed by atoms with E-state index in [1.807, 2.05) is 30.3 Å². The molecule has 19 heavy (non-hydrogen) atoms. The van der Waals surface area contributed by atoms with Crippen LogP contribution in [0, 0.1) is 6.92 Å². The summed E-state index contributed by atoms with van der Waals surface area (Å²) in [7, 11) is 0. The van der Waals surface area contributed by atoms with Crippen molar-refractivity contribution in [3.63, 3.8) is 0 Å². The van der Waals surface area contributed by atoms with Crippen molar-refractivity contribution in [3.05, 3.63) is 64.8 Å². The summed E-state index contributed by atoms with van der Waals surface area (Å²) in [4.78, 5) is 20.3. The molecule has 3 aromatic rings. The van der Waals surface area contributed by atoms with Gasteiger partial charge in [-0.15, -0.1) is 0 Å². The minimum atomic E-state index is -0.112. The summed E-state index contributed by atoms with van der Waals surface area (Å²) in [5.41, 5.74) is 2.33. The van der Waals surface area contributed by atoms with Crippen molar-refractivity contribution in [2.75, 3.05) is 0 Å². The maximum absolute atomic E-state index is 12.2. The molecule has 0 saturated carbocycles. The molecule has 0 spiro atoms. The van der Waals surface area contributed by atoms with E-state index >= 15 is 0 Å². The van der Waals surface area contributed by atoms with E-state index in [0.717, 1.165) is 11.3 Å². The lowest BCUT2D eigenvalue weighted by Crippen LogP contribution is -2.17. The van der Waals surface area contributed by atoms with Gasteiger partial charge in [-0.25, -0.2) is 4.98 Å². The monoisotopic (exact) mass is 252 g/mol. The van der Waals surface area contributed by atoms with Crippen molar-refractivity contribution in [2.24, 2.45) is 0 Å². The molecular formula is C14H12N4O. The molecular weight excluding hydrogens is 240 g/mol. The van der Waals surface area contributed by atoms with Crippen LogP contribution >= 0.6 is 0 Å². The van der Waals surface area contributed by atoms with Gasteiger partial charge in [0.05, 0.1) is 11.9 Å². The number of aromatic amines is 1. The van der Waals surface area contributed by atoms with Gasteiger partial charge in [0.1, 0.15) is 0 Å². The summed E-state index contributed by atoms with van der Waals surface area (Å²) in [6, 6.07) is 9.73. The summed E-state index contributed by atoms with van der Waals surface area (Å²) < 4.78 is 1.41. The van der Waals surface area contributed by atoms with Gasteiger partial charge >= 0.3 is 0 Å². The van der Waals surface area contributed by atoms with Crippen LogP contribution in [0.3, 0.4) is 0 Å². The Morgan fingerprint density at radius 3 is 2.63 bits per heavy atom. The van der Waals surface area contributed by atoms with Crippen LogP contribution in [0.15, 0.2) is 53.7 Å². The third kappa shape index (κ3) is 1.95. The third-order valence-corrected chi connectivity index (χ3v) is 2.96. The van der Waals surface area contributed by atoms with Gasteiger partial charge in [0, 0.05) is 18.0 Å². The number of hydrogen-bond donors (Lipinski definition) is 1. The van der Waals surface area contributed by atoms with Crippen LogP contribution in [0.25, 0.3) is 17.1 Å². The van der Waals surface area contributed by atoms with E-state index in [2.05, 4.69) is 15.1 Å². The molecule has 2 aromatic heterocycles. The Morgan fingerprint density at radius 2 is 1.95 bits per heavy atom. The minimum Gasteiger partial charge on any atom is -0.289 e. The van der Waals surface area contributed by atoms with Gasteiger partial charge < -0.3 is 0 Å². The summed E-state index contributed by atoms with van der Waals surface area (Å²) in [5.74, 6) is 0.484. The van der Waals surface area contributed by atoms with E-state index in [1.165, 1.54) is 4.68 Å². The zero-order valence-corrected chi connectivity index (χ0v) is 10.4. The summed E-state index contributed by atoms with van der Waals surface area (Å²) >= 11 is 0. The van der Waals surface area contributed by atoms with Crippen molar-refractivity contribution >= 4 is 0 Å². The second kappa shape index (κ2) is 4.53. The Bertz CT molecular complexity index is 744. The van der Waals surface area contributed by atoms with Gasteiger partial charge in [-0.1, -0.05) is 30.3 Å². The smallest absolute Gasteiger partial charge is 0.276 e. The number of nitrogens with zero attached hydrogens (tertiary/aromatic N) is 3. The first-order valence-corrected chi connectivity index (χ1v) is 5.91. The van der Waals surface area contributed by atoms with Crippen molar-refractivity contribution in [1.82, 2.24) is 19.7 Å². The van der Waals surface area contributed by atoms with Gasteiger partial charge in [-0.2, -0.15) is 4.68 Å². The van der Waals surface area contributed by atoms with E-state index in [9.17, 15) is 4.79 Å². The van der Waals surface area contributed by atoms with E-state index in [4.69, 9.17) is 0 Å². The molecule has 0 amide bonds. The van der Waals surface area contributed by atoms with Crippen LogP contribution in [0.2, 0.25) is 0 Å². The van der Waals surface area contributed by atoms with Crippen molar-refractivity contribution in [2.45, 2.75) is 6.92 Å². The zero-order valence-electron chi connectivity index (χ0n) is 10.4. The van der Waals surface area contributed by atoms with E-state index in [-0.39, 0.29) is 5.56 Å². The molecule has 0 aliphatic heterocycles. The summed E-state index contributed by atoms with van der Waals surface area (Å²) in [6.45, 7) is 1.80. The average molecular weight is 252 g/mol. The highest BCUT2D eigenvalue weighted by atomic mass is 16.1. The maximum atomic E-state index is 12.2. The number of benzene rings is 1. The zero-order chi connectivity index (χ0) is 13.2. The summed E-state index contributed by atoms with van der Waals surface area (Å²) in [5, 5.41) is 3.08. The second-order valence-electron chi connectivity index (χ2n) is 4.18. The Kier molecular flexibility index (Phi) is 2.72. The van der Waals surface area contributed by atoms with Gasteiger partial charge in [0.15, 0.2) is 5.82 Å². The van der Waals surface area contributed by atoms with Gasteiger partial charge in [0.2, 0.25) is 0 Å².